The first-order valence-electron chi connectivity index (χ1n) is 8.51. The molecular formula is C19H25F3O2Si. The van der Waals surface area contributed by atoms with E-state index in [-0.39, 0.29) is 27.8 Å². The third-order valence-corrected chi connectivity index (χ3v) is 11.0. The van der Waals surface area contributed by atoms with E-state index in [4.69, 9.17) is 4.43 Å². The predicted octanol–water partition coefficient (Wildman–Crippen LogP) is 6.52. The number of phenols is 1. The summed E-state index contributed by atoms with van der Waals surface area (Å²) in [5.74, 6) is -3.76. The fourth-order valence-corrected chi connectivity index (χ4v) is 9.24. The standard InChI is InChI=1S/C19H25F3O2Si/c1-10(2)25(11(3)4,12(5)6)24-13-7-14-15(20)9-16(21)19(22)18(14)17(23)8-13/h7-12,23H,1-6H3. The molecule has 0 bridgehead atoms. The van der Waals surface area contributed by atoms with Gasteiger partial charge in [-0.15, -0.1) is 0 Å². The van der Waals surface area contributed by atoms with Gasteiger partial charge in [0.25, 0.3) is 8.32 Å². The lowest BCUT2D eigenvalue weighted by Crippen LogP contribution is -2.50. The Hall–Kier alpha value is -1.69. The Morgan fingerprint density at radius 3 is 1.84 bits per heavy atom. The maximum Gasteiger partial charge on any atom is 0.258 e. The molecule has 0 aliphatic carbocycles. The zero-order chi connectivity index (χ0) is 19.1. The van der Waals surface area contributed by atoms with Gasteiger partial charge in [0.05, 0.1) is 5.39 Å². The van der Waals surface area contributed by atoms with Gasteiger partial charge in [-0.3, -0.25) is 0 Å². The van der Waals surface area contributed by atoms with Crippen LogP contribution in [0.4, 0.5) is 13.2 Å². The summed E-state index contributed by atoms with van der Waals surface area (Å²) in [6.45, 7) is 12.6. The molecule has 0 spiro atoms. The van der Waals surface area contributed by atoms with Gasteiger partial charge in [0.1, 0.15) is 17.3 Å². The number of hydrogen-bond acceptors (Lipinski definition) is 2. The zero-order valence-corrected chi connectivity index (χ0v) is 16.5. The second-order valence-electron chi connectivity index (χ2n) is 7.44. The van der Waals surface area contributed by atoms with Gasteiger partial charge >= 0.3 is 0 Å². The quantitative estimate of drug-likeness (QED) is 0.480. The minimum atomic E-state index is -2.32. The van der Waals surface area contributed by atoms with Crippen LogP contribution in [0, 0.1) is 17.5 Å². The van der Waals surface area contributed by atoms with Crippen LogP contribution in [0.5, 0.6) is 11.5 Å². The Bertz CT molecular complexity index is 766. The first kappa shape index (κ1) is 19.6. The van der Waals surface area contributed by atoms with Crippen molar-refractivity contribution >= 4 is 19.1 Å². The fraction of sp³-hybridized carbons (Fsp3) is 0.474. The molecule has 0 radical (unpaired) electrons. The first-order chi connectivity index (χ1) is 11.5. The second kappa shape index (κ2) is 6.90. The van der Waals surface area contributed by atoms with Crippen molar-refractivity contribution in [2.45, 2.75) is 58.2 Å². The number of phenolic OH excluding ortho intramolecular Hbond substituents is 1. The largest absolute Gasteiger partial charge is 0.543 e. The lowest BCUT2D eigenvalue weighted by molar-refractivity contribution is 0.454. The molecule has 0 fully saturated rings. The molecule has 138 valence electrons. The van der Waals surface area contributed by atoms with Gasteiger partial charge in [-0.05, 0) is 22.7 Å². The molecule has 25 heavy (non-hydrogen) atoms. The molecule has 1 N–H and O–H groups in total. The summed E-state index contributed by atoms with van der Waals surface area (Å²) in [5, 5.41) is 9.51. The lowest BCUT2D eigenvalue weighted by Gasteiger charge is -2.42. The van der Waals surface area contributed by atoms with Crippen molar-refractivity contribution in [1.29, 1.82) is 0 Å². The minimum absolute atomic E-state index is 0.187. The topological polar surface area (TPSA) is 29.5 Å². The number of benzene rings is 2. The smallest absolute Gasteiger partial charge is 0.258 e. The molecule has 0 saturated carbocycles. The average Bonchev–Trinajstić information content (AvgIpc) is 2.48. The fourth-order valence-electron chi connectivity index (χ4n) is 4.01. The second-order valence-corrected chi connectivity index (χ2v) is 12.8. The van der Waals surface area contributed by atoms with E-state index in [1.807, 2.05) is 0 Å². The normalized spacial score (nSPS) is 12.6. The van der Waals surface area contributed by atoms with Crippen molar-refractivity contribution in [2.24, 2.45) is 0 Å². The van der Waals surface area contributed by atoms with E-state index < -0.39 is 36.9 Å². The van der Waals surface area contributed by atoms with Crippen LogP contribution in [0.3, 0.4) is 0 Å². The number of fused-ring (bicyclic) bond motifs is 1. The van der Waals surface area contributed by atoms with Crippen molar-refractivity contribution in [3.63, 3.8) is 0 Å². The Kier molecular flexibility index (Phi) is 5.42. The maximum absolute atomic E-state index is 14.1. The predicted molar refractivity (Wildman–Crippen MR) is 97.2 cm³/mol. The van der Waals surface area contributed by atoms with Gasteiger partial charge < -0.3 is 9.53 Å². The monoisotopic (exact) mass is 370 g/mol. The van der Waals surface area contributed by atoms with E-state index >= 15 is 0 Å². The molecule has 0 aromatic heterocycles. The number of halogens is 3. The molecule has 2 aromatic carbocycles. The van der Waals surface area contributed by atoms with Crippen molar-refractivity contribution in [3.05, 3.63) is 35.7 Å². The Morgan fingerprint density at radius 1 is 0.840 bits per heavy atom. The molecule has 2 rings (SSSR count). The van der Waals surface area contributed by atoms with E-state index in [0.29, 0.717) is 6.07 Å². The Labute approximate surface area is 147 Å². The van der Waals surface area contributed by atoms with Gasteiger partial charge in [0, 0.05) is 17.5 Å². The summed E-state index contributed by atoms with van der Waals surface area (Å²) in [5.41, 5.74) is 0.834. The molecule has 0 unspecified atom stereocenters. The van der Waals surface area contributed by atoms with Crippen LogP contribution >= 0.6 is 0 Å². The van der Waals surface area contributed by atoms with Gasteiger partial charge in [0.15, 0.2) is 11.6 Å². The molecule has 0 heterocycles. The highest BCUT2D eigenvalue weighted by Crippen LogP contribution is 2.44. The van der Waals surface area contributed by atoms with E-state index in [2.05, 4.69) is 41.5 Å². The van der Waals surface area contributed by atoms with E-state index in [1.165, 1.54) is 12.1 Å². The highest BCUT2D eigenvalue weighted by atomic mass is 28.4. The van der Waals surface area contributed by atoms with Crippen molar-refractivity contribution < 1.29 is 22.7 Å². The van der Waals surface area contributed by atoms with Gasteiger partial charge in [-0.1, -0.05) is 41.5 Å². The summed E-state index contributed by atoms with van der Waals surface area (Å²) in [6, 6.07) is 3.08. The molecule has 2 nitrogen and oxygen atoms in total. The van der Waals surface area contributed by atoms with Crippen LogP contribution < -0.4 is 4.43 Å². The molecule has 0 aliphatic rings. The maximum atomic E-state index is 14.1. The van der Waals surface area contributed by atoms with E-state index in [9.17, 15) is 18.3 Å². The van der Waals surface area contributed by atoms with Crippen molar-refractivity contribution in [3.8, 4) is 11.5 Å². The zero-order valence-electron chi connectivity index (χ0n) is 15.5. The Morgan fingerprint density at radius 2 is 1.36 bits per heavy atom. The van der Waals surface area contributed by atoms with Crippen LogP contribution in [-0.2, 0) is 0 Å². The number of hydrogen-bond donors (Lipinski definition) is 1. The first-order valence-corrected chi connectivity index (χ1v) is 10.7. The van der Waals surface area contributed by atoms with Crippen LogP contribution in [-0.4, -0.2) is 13.4 Å². The average molecular weight is 370 g/mol. The highest BCUT2D eigenvalue weighted by molar-refractivity contribution is 6.78. The van der Waals surface area contributed by atoms with Gasteiger partial charge in [-0.2, -0.15) is 0 Å². The van der Waals surface area contributed by atoms with E-state index in [0.717, 1.165) is 0 Å². The molecule has 6 heteroatoms. The summed E-state index contributed by atoms with van der Waals surface area (Å²) >= 11 is 0. The molecule has 2 aromatic rings. The molecule has 0 aliphatic heterocycles. The SMILES string of the molecule is CC(C)[Si](Oc1cc(O)c2c(F)c(F)cc(F)c2c1)(C(C)C)C(C)C. The summed E-state index contributed by atoms with van der Waals surface area (Å²) in [4.78, 5) is 0. The van der Waals surface area contributed by atoms with Crippen LogP contribution in [0.1, 0.15) is 41.5 Å². The third-order valence-electron chi connectivity index (χ3n) is 5.03. The van der Waals surface area contributed by atoms with Gasteiger partial charge in [0.2, 0.25) is 0 Å². The Balaban J connectivity index is 2.66. The van der Waals surface area contributed by atoms with Crippen LogP contribution in [0.25, 0.3) is 10.8 Å². The molecule has 0 saturated heterocycles. The van der Waals surface area contributed by atoms with Crippen LogP contribution in [0.2, 0.25) is 16.6 Å². The molecular weight excluding hydrogens is 345 g/mol. The van der Waals surface area contributed by atoms with Crippen molar-refractivity contribution in [1.82, 2.24) is 0 Å². The number of rotatable bonds is 5. The third kappa shape index (κ3) is 3.24. The van der Waals surface area contributed by atoms with Crippen LogP contribution in [0.15, 0.2) is 18.2 Å². The molecule has 0 amide bonds. The minimum Gasteiger partial charge on any atom is -0.543 e. The highest BCUT2D eigenvalue weighted by Gasteiger charge is 2.47. The van der Waals surface area contributed by atoms with Gasteiger partial charge in [-0.25, -0.2) is 13.2 Å². The van der Waals surface area contributed by atoms with E-state index in [1.54, 1.807) is 0 Å². The summed E-state index contributed by atoms with van der Waals surface area (Å²) in [6.07, 6.45) is 0. The van der Waals surface area contributed by atoms with Crippen molar-refractivity contribution in [2.75, 3.05) is 0 Å². The lowest BCUT2D eigenvalue weighted by atomic mass is 10.1. The number of aromatic hydroxyl groups is 1. The molecule has 0 atom stereocenters. The summed E-state index contributed by atoms with van der Waals surface area (Å²) < 4.78 is 47.9. The summed E-state index contributed by atoms with van der Waals surface area (Å²) in [7, 11) is -2.32.